The molecule has 0 radical (unpaired) electrons. The summed E-state index contributed by atoms with van der Waals surface area (Å²) in [5.74, 6) is -4.56. The van der Waals surface area contributed by atoms with E-state index in [1.165, 1.54) is 56.6 Å². The number of aromatic nitrogens is 2. The van der Waals surface area contributed by atoms with E-state index in [1.807, 2.05) is 24.0 Å². The van der Waals surface area contributed by atoms with E-state index in [0.717, 1.165) is 18.8 Å². The molecule has 2 aliphatic heterocycles. The number of aryl methyl sites for hydroxylation is 1. The van der Waals surface area contributed by atoms with E-state index in [-0.39, 0.29) is 0 Å². The van der Waals surface area contributed by atoms with Crippen molar-refractivity contribution in [1.82, 2.24) is 19.6 Å². The summed E-state index contributed by atoms with van der Waals surface area (Å²) in [7, 11) is 3.73. The zero-order valence-corrected chi connectivity index (χ0v) is 22.0. The smallest absolute Gasteiger partial charge is 0.490 e. The van der Waals surface area contributed by atoms with E-state index in [0.29, 0.717) is 5.41 Å². The lowest BCUT2D eigenvalue weighted by Gasteiger charge is -2.39. The van der Waals surface area contributed by atoms with Gasteiger partial charge in [0.2, 0.25) is 0 Å². The number of carboxylic acids is 2. The predicted octanol–water partition coefficient (Wildman–Crippen LogP) is 4.18. The van der Waals surface area contributed by atoms with Crippen LogP contribution in [0.1, 0.15) is 30.4 Å². The first kappa shape index (κ1) is 32.9. The quantitative estimate of drug-likeness (QED) is 0.506. The van der Waals surface area contributed by atoms with E-state index < -0.39 is 24.3 Å². The lowest BCUT2D eigenvalue weighted by Crippen LogP contribution is -2.41. The van der Waals surface area contributed by atoms with Crippen LogP contribution in [0.3, 0.4) is 0 Å². The molecular formula is C25H32F6N4O5. The maximum atomic E-state index is 10.6. The predicted molar refractivity (Wildman–Crippen MR) is 130 cm³/mol. The number of likely N-dealkylation sites (tertiary alicyclic amines) is 2. The topological polar surface area (TPSA) is 108 Å². The molecule has 9 nitrogen and oxygen atoms in total. The summed E-state index contributed by atoms with van der Waals surface area (Å²) in [6.45, 7) is 6.96. The fourth-order valence-electron chi connectivity index (χ4n) is 4.60. The van der Waals surface area contributed by atoms with Crippen LogP contribution in [-0.2, 0) is 29.7 Å². The number of carbonyl (C=O) groups is 2. The second kappa shape index (κ2) is 13.8. The molecule has 2 saturated heterocycles. The number of hydrogen-bond acceptors (Lipinski definition) is 6. The average Bonchev–Trinajstić information content (AvgIpc) is 3.46. The molecule has 40 heavy (non-hydrogen) atoms. The molecule has 4 rings (SSSR count). The molecule has 1 aromatic heterocycles. The Hall–Kier alpha value is -3.33. The Bertz CT molecular complexity index is 1090. The van der Waals surface area contributed by atoms with Gasteiger partial charge in [-0.05, 0) is 62.0 Å². The third-order valence-electron chi connectivity index (χ3n) is 6.62. The third-order valence-corrected chi connectivity index (χ3v) is 6.62. The number of hydrogen-bond donors (Lipinski definition) is 2. The Labute approximate surface area is 226 Å². The molecule has 0 unspecified atom stereocenters. The molecule has 0 saturated carbocycles. The van der Waals surface area contributed by atoms with Gasteiger partial charge in [0.15, 0.2) is 0 Å². The summed E-state index contributed by atoms with van der Waals surface area (Å²) >= 11 is 0. The van der Waals surface area contributed by atoms with Gasteiger partial charge in [0.25, 0.3) is 0 Å². The van der Waals surface area contributed by atoms with Gasteiger partial charge in [0.1, 0.15) is 5.75 Å². The molecule has 3 heterocycles. The highest BCUT2D eigenvalue weighted by Crippen LogP contribution is 2.41. The highest BCUT2D eigenvalue weighted by Gasteiger charge is 2.41. The molecule has 2 N–H and O–H groups in total. The van der Waals surface area contributed by atoms with Gasteiger partial charge in [0, 0.05) is 38.4 Å². The van der Waals surface area contributed by atoms with Gasteiger partial charge < -0.3 is 14.9 Å². The van der Waals surface area contributed by atoms with Crippen molar-refractivity contribution < 1.29 is 50.9 Å². The monoisotopic (exact) mass is 582 g/mol. The van der Waals surface area contributed by atoms with Crippen molar-refractivity contribution in [3.8, 4) is 5.75 Å². The van der Waals surface area contributed by atoms with Gasteiger partial charge in [-0.25, -0.2) is 9.59 Å². The van der Waals surface area contributed by atoms with Crippen molar-refractivity contribution >= 4 is 11.9 Å². The van der Waals surface area contributed by atoms with Crippen molar-refractivity contribution in [2.45, 2.75) is 44.7 Å². The summed E-state index contributed by atoms with van der Waals surface area (Å²) in [5, 5.41) is 18.5. The maximum absolute atomic E-state index is 10.6. The summed E-state index contributed by atoms with van der Waals surface area (Å²) in [6.07, 6.45) is -2.04. The SMILES string of the molecule is COc1cccc(CN2CCC3(CC2)CCN(Cc2cnn(C)c2)C3)c1.O=C(O)C(F)(F)F.O=C(O)C(F)(F)F. The minimum absolute atomic E-state index is 0.535. The van der Waals surface area contributed by atoms with E-state index in [2.05, 4.69) is 39.3 Å². The number of benzene rings is 1. The minimum atomic E-state index is -5.08. The molecular weight excluding hydrogens is 550 g/mol. The van der Waals surface area contributed by atoms with Crippen LogP contribution < -0.4 is 4.74 Å². The number of ether oxygens (including phenoxy) is 1. The van der Waals surface area contributed by atoms with E-state index in [1.54, 1.807) is 7.11 Å². The number of alkyl halides is 6. The van der Waals surface area contributed by atoms with Crippen LogP contribution in [0.15, 0.2) is 36.7 Å². The number of piperidine rings is 1. The van der Waals surface area contributed by atoms with Crippen molar-refractivity contribution in [2.24, 2.45) is 12.5 Å². The fourth-order valence-corrected chi connectivity index (χ4v) is 4.60. The molecule has 2 fully saturated rings. The molecule has 0 aliphatic carbocycles. The van der Waals surface area contributed by atoms with Crippen LogP contribution in [0, 0.1) is 5.41 Å². The van der Waals surface area contributed by atoms with Crippen LogP contribution in [0.4, 0.5) is 26.3 Å². The van der Waals surface area contributed by atoms with Crippen molar-refractivity contribution in [3.05, 3.63) is 47.8 Å². The van der Waals surface area contributed by atoms with Gasteiger partial charge in [-0.15, -0.1) is 0 Å². The van der Waals surface area contributed by atoms with Gasteiger partial charge >= 0.3 is 24.3 Å². The Morgan fingerprint density at radius 3 is 1.88 bits per heavy atom. The first-order chi connectivity index (χ1) is 18.5. The first-order valence-corrected chi connectivity index (χ1v) is 12.2. The number of methoxy groups -OCH3 is 1. The molecule has 2 aliphatic rings. The molecule has 0 atom stereocenters. The Balaban J connectivity index is 0.000000333. The standard InChI is InChI=1S/C21H30N4O.2C2HF3O2/c1-23-14-19(13-22-23)16-25-11-8-21(17-25)6-9-24(10-7-21)15-18-4-3-5-20(12-18)26-2;2*3-2(4,5)1(6)7/h3-5,12-14H,6-11,15-17H2,1-2H3;2*(H,6,7). The van der Waals surface area contributed by atoms with Crippen LogP contribution in [0.5, 0.6) is 5.75 Å². The number of rotatable bonds is 5. The summed E-state index contributed by atoms with van der Waals surface area (Å²) in [4.78, 5) is 23.0. The first-order valence-electron chi connectivity index (χ1n) is 12.2. The van der Waals surface area contributed by atoms with E-state index in [9.17, 15) is 26.3 Å². The zero-order chi connectivity index (χ0) is 30.1. The van der Waals surface area contributed by atoms with Crippen molar-refractivity contribution in [3.63, 3.8) is 0 Å². The Morgan fingerprint density at radius 1 is 0.925 bits per heavy atom. The van der Waals surface area contributed by atoms with Gasteiger partial charge in [-0.1, -0.05) is 12.1 Å². The van der Waals surface area contributed by atoms with E-state index >= 15 is 0 Å². The molecule has 0 bridgehead atoms. The molecule has 0 amide bonds. The van der Waals surface area contributed by atoms with Crippen molar-refractivity contribution in [2.75, 3.05) is 33.3 Å². The normalized spacial score (nSPS) is 17.4. The highest BCUT2D eigenvalue weighted by molar-refractivity contribution is 5.73. The summed E-state index contributed by atoms with van der Waals surface area (Å²) in [6, 6.07) is 8.48. The minimum Gasteiger partial charge on any atom is -0.497 e. The number of aliphatic carboxylic acids is 2. The van der Waals surface area contributed by atoms with Crippen molar-refractivity contribution in [1.29, 1.82) is 0 Å². The number of halogens is 6. The molecule has 224 valence electrons. The summed E-state index contributed by atoms with van der Waals surface area (Å²) < 4.78 is 70.7. The fraction of sp³-hybridized carbons (Fsp3) is 0.560. The largest absolute Gasteiger partial charge is 0.497 e. The van der Waals surface area contributed by atoms with E-state index in [4.69, 9.17) is 24.5 Å². The van der Waals surface area contributed by atoms with Gasteiger partial charge in [0.05, 0.1) is 13.3 Å². The van der Waals surface area contributed by atoms with Crippen LogP contribution in [0.25, 0.3) is 0 Å². The molecule has 1 spiro atoms. The highest BCUT2D eigenvalue weighted by atomic mass is 19.4. The Kier molecular flexibility index (Phi) is 11.4. The van der Waals surface area contributed by atoms with Crippen LogP contribution >= 0.6 is 0 Å². The second-order valence-corrected chi connectivity index (χ2v) is 9.72. The van der Waals surface area contributed by atoms with Crippen LogP contribution in [0.2, 0.25) is 0 Å². The molecule has 2 aromatic rings. The number of nitrogens with zero attached hydrogens (tertiary/aromatic N) is 4. The summed E-state index contributed by atoms with van der Waals surface area (Å²) in [5.41, 5.74) is 3.22. The lowest BCUT2D eigenvalue weighted by molar-refractivity contribution is -0.193. The van der Waals surface area contributed by atoms with Gasteiger partial charge in [-0.2, -0.15) is 31.4 Å². The number of carboxylic acid groups (broad SMARTS) is 2. The zero-order valence-electron chi connectivity index (χ0n) is 22.0. The van der Waals surface area contributed by atoms with Gasteiger partial charge in [-0.3, -0.25) is 14.5 Å². The average molecular weight is 583 g/mol. The molecule has 15 heteroatoms. The lowest BCUT2D eigenvalue weighted by atomic mass is 9.77. The third kappa shape index (κ3) is 10.7. The maximum Gasteiger partial charge on any atom is 0.490 e. The second-order valence-electron chi connectivity index (χ2n) is 9.72. The molecule has 1 aromatic carbocycles. The Morgan fingerprint density at radius 2 is 1.43 bits per heavy atom. The van der Waals surface area contributed by atoms with Crippen LogP contribution in [-0.4, -0.2) is 87.4 Å².